The number of nitrogens with one attached hydrogen (secondary N) is 1. The number of anilines is 2. The van der Waals surface area contributed by atoms with Gasteiger partial charge in [0.05, 0.1) is 32.0 Å². The molecule has 8 N–H and O–H groups in total. The van der Waals surface area contributed by atoms with E-state index in [0.717, 1.165) is 0 Å². The van der Waals surface area contributed by atoms with E-state index in [1.165, 1.54) is 28.1 Å². The van der Waals surface area contributed by atoms with Crippen molar-refractivity contribution in [3.05, 3.63) is 29.3 Å². The van der Waals surface area contributed by atoms with Gasteiger partial charge in [-0.25, -0.2) is 24.5 Å². The van der Waals surface area contributed by atoms with Gasteiger partial charge in [0.1, 0.15) is 42.4 Å². The summed E-state index contributed by atoms with van der Waals surface area (Å²) in [7, 11) is -4.80. The molecule has 224 valence electrons. The van der Waals surface area contributed by atoms with Gasteiger partial charge < -0.3 is 40.8 Å². The van der Waals surface area contributed by atoms with Crippen LogP contribution in [0.2, 0.25) is 0 Å². The lowest BCUT2D eigenvalue weighted by Crippen LogP contribution is -2.39. The highest BCUT2D eigenvalue weighted by molar-refractivity contribution is 7.47. The van der Waals surface area contributed by atoms with Crippen LogP contribution in [0.1, 0.15) is 18.9 Å². The van der Waals surface area contributed by atoms with Crippen LogP contribution in [0.3, 0.4) is 0 Å². The number of aliphatic hydroxyl groups excluding tert-OH is 2. The summed E-state index contributed by atoms with van der Waals surface area (Å²) in [5, 5.41) is 22.1. The van der Waals surface area contributed by atoms with Crippen LogP contribution in [-0.2, 0) is 27.8 Å². The number of rotatable bonds is 2. The summed E-state index contributed by atoms with van der Waals surface area (Å²) in [5.41, 5.74) is 11.6. The molecule has 0 amide bonds. The molecule has 0 spiro atoms. The minimum Gasteiger partial charge on any atom is -0.388 e. The lowest BCUT2D eigenvalue weighted by atomic mass is 10.1. The second kappa shape index (κ2) is 10.0. The van der Waals surface area contributed by atoms with E-state index in [-0.39, 0.29) is 47.1 Å². The summed E-state index contributed by atoms with van der Waals surface area (Å²) in [6.45, 7) is -0.936. The van der Waals surface area contributed by atoms with Crippen LogP contribution in [0.25, 0.3) is 22.3 Å². The number of phosphoric acid groups is 1. The highest BCUT2D eigenvalue weighted by Crippen LogP contribution is 2.50. The molecule has 0 saturated carbocycles. The Morgan fingerprint density at radius 1 is 0.952 bits per heavy atom. The maximum atomic E-state index is 13.1. The largest absolute Gasteiger partial charge is 0.472 e. The van der Waals surface area contributed by atoms with Crippen molar-refractivity contribution < 1.29 is 42.9 Å². The normalized spacial score (nSPS) is 35.7. The van der Waals surface area contributed by atoms with E-state index in [9.17, 15) is 24.5 Å². The molecular weight excluding hydrogens is 583 g/mol. The molecule has 7 heterocycles. The van der Waals surface area contributed by atoms with E-state index < -0.39 is 69.1 Å². The van der Waals surface area contributed by atoms with Gasteiger partial charge in [0.2, 0.25) is 5.95 Å². The second-order valence-corrected chi connectivity index (χ2v) is 11.4. The molecule has 20 nitrogen and oxygen atoms in total. The number of nitrogens with zero attached hydrogens (tertiary/aromatic N) is 7. The minimum absolute atomic E-state index is 0.0427. The maximum absolute atomic E-state index is 13.1. The standard InChI is InChI=1S/C21H25N10O10P/c22-15-11-16(25-4-24-15)30(5-26-11)19-9-1-8(39-19)7(32)2-37-14-13(33)10(3-38-42(35,36)41-9)40-20(14)31-6-27-12-17(31)28-21(23)29-18(12)34/h4-10,13-14,19-20,32-33H,1-3H2,(H,35,36)(H2,22,24,25)(H3,23,28,29,34)/t7?,8?,9-,10?,13?,14?,19?,20?/m0/s1. The number of H-pyrrole nitrogens is 1. The first-order valence-corrected chi connectivity index (χ1v) is 14.2. The average Bonchev–Trinajstić information content (AvgIpc) is 3.71. The van der Waals surface area contributed by atoms with Gasteiger partial charge in [0.25, 0.3) is 5.56 Å². The molecule has 7 rings (SSSR count). The van der Waals surface area contributed by atoms with E-state index in [1.807, 2.05) is 0 Å². The van der Waals surface area contributed by atoms with Crippen LogP contribution >= 0.6 is 7.82 Å². The lowest BCUT2D eigenvalue weighted by Gasteiger charge is -2.25. The Labute approximate surface area is 233 Å². The molecule has 4 aromatic rings. The number of aliphatic hydroxyl groups is 2. The van der Waals surface area contributed by atoms with Gasteiger partial charge in [-0.2, -0.15) is 4.98 Å². The van der Waals surface area contributed by atoms with Gasteiger partial charge in [0, 0.05) is 6.42 Å². The molecule has 0 aromatic carbocycles. The smallest absolute Gasteiger partial charge is 0.388 e. The van der Waals surface area contributed by atoms with Gasteiger partial charge in [-0.3, -0.25) is 28.0 Å². The van der Waals surface area contributed by atoms with E-state index in [4.69, 9.17) is 34.7 Å². The highest BCUT2D eigenvalue weighted by atomic mass is 31.2. The zero-order chi connectivity index (χ0) is 29.3. The van der Waals surface area contributed by atoms with Crippen molar-refractivity contribution in [2.45, 2.75) is 55.5 Å². The Kier molecular flexibility index (Phi) is 6.49. The SMILES string of the molecule is Nc1nc2c(ncn2C2OC3COP(=O)(O)O[C@H]4CC(OC4n4cnc5c(N)ncnc54)C(O)COC2C3O)c(=O)[nH]1. The number of phosphoric ester groups is 1. The predicted molar refractivity (Wildman–Crippen MR) is 137 cm³/mol. The highest BCUT2D eigenvalue weighted by Gasteiger charge is 2.50. The maximum Gasteiger partial charge on any atom is 0.472 e. The summed E-state index contributed by atoms with van der Waals surface area (Å²) in [4.78, 5) is 45.7. The zero-order valence-electron chi connectivity index (χ0n) is 21.4. The van der Waals surface area contributed by atoms with Crippen LogP contribution in [0, 0.1) is 0 Å². The molecule has 9 atom stereocenters. The van der Waals surface area contributed by atoms with E-state index in [0.29, 0.717) is 0 Å². The number of hydrogen-bond donors (Lipinski definition) is 6. The van der Waals surface area contributed by atoms with Gasteiger partial charge in [-0.15, -0.1) is 0 Å². The van der Waals surface area contributed by atoms with Crippen molar-refractivity contribution >= 4 is 41.9 Å². The summed E-state index contributed by atoms with van der Waals surface area (Å²) in [6.07, 6.45) is -5.52. The lowest BCUT2D eigenvalue weighted by molar-refractivity contribution is -0.125. The fourth-order valence-corrected chi connectivity index (χ4v) is 6.32. The molecule has 3 aliphatic rings. The number of fused-ring (bicyclic) bond motifs is 6. The van der Waals surface area contributed by atoms with Crippen molar-refractivity contribution in [1.82, 2.24) is 39.0 Å². The first kappa shape index (κ1) is 27.3. The van der Waals surface area contributed by atoms with E-state index >= 15 is 0 Å². The van der Waals surface area contributed by atoms with Gasteiger partial charge in [-0.05, 0) is 0 Å². The molecule has 3 aliphatic heterocycles. The predicted octanol–water partition coefficient (Wildman–Crippen LogP) is -2.07. The Balaban J connectivity index is 1.21. The molecule has 0 aliphatic carbocycles. The molecule has 8 unspecified atom stereocenters. The average molecular weight is 608 g/mol. The van der Waals surface area contributed by atoms with Crippen LogP contribution < -0.4 is 17.0 Å². The fourth-order valence-electron chi connectivity index (χ4n) is 5.39. The molecule has 4 bridgehead atoms. The Hall–Kier alpha value is -3.59. The summed E-state index contributed by atoms with van der Waals surface area (Å²) in [6, 6.07) is 0. The number of nitrogens with two attached hydrogens (primary N) is 2. The van der Waals surface area contributed by atoms with Crippen molar-refractivity contribution in [1.29, 1.82) is 0 Å². The van der Waals surface area contributed by atoms with Crippen LogP contribution in [0.15, 0.2) is 23.8 Å². The Bertz CT molecular complexity index is 1760. The molecule has 3 saturated heterocycles. The van der Waals surface area contributed by atoms with Crippen molar-refractivity contribution in [3.8, 4) is 0 Å². The fraction of sp³-hybridized carbons (Fsp3) is 0.524. The Morgan fingerprint density at radius 3 is 2.50 bits per heavy atom. The first-order valence-electron chi connectivity index (χ1n) is 12.7. The topological polar surface area (TPSA) is 283 Å². The van der Waals surface area contributed by atoms with Crippen molar-refractivity contribution in [2.75, 3.05) is 24.7 Å². The third-order valence-corrected chi connectivity index (χ3v) is 8.37. The van der Waals surface area contributed by atoms with Crippen LogP contribution in [0.4, 0.5) is 11.8 Å². The third-order valence-electron chi connectivity index (χ3n) is 7.35. The van der Waals surface area contributed by atoms with Gasteiger partial charge >= 0.3 is 7.82 Å². The quantitative estimate of drug-likeness (QED) is 0.133. The third kappa shape index (κ3) is 4.53. The summed E-state index contributed by atoms with van der Waals surface area (Å²) >= 11 is 0. The number of aromatic nitrogens is 8. The first-order chi connectivity index (χ1) is 20.1. The summed E-state index contributed by atoms with van der Waals surface area (Å²) in [5.74, 6) is -0.0577. The number of ether oxygens (including phenoxy) is 3. The number of nitrogen functional groups attached to an aromatic ring is 2. The summed E-state index contributed by atoms with van der Waals surface area (Å²) < 4.78 is 44.6. The van der Waals surface area contributed by atoms with Crippen molar-refractivity contribution in [2.24, 2.45) is 0 Å². The molecule has 4 aromatic heterocycles. The molecular formula is C21H25N10O10P. The van der Waals surface area contributed by atoms with Gasteiger partial charge in [-0.1, -0.05) is 0 Å². The van der Waals surface area contributed by atoms with Crippen molar-refractivity contribution in [3.63, 3.8) is 0 Å². The van der Waals surface area contributed by atoms with E-state index in [2.05, 4.69) is 29.9 Å². The van der Waals surface area contributed by atoms with Crippen LogP contribution in [0.5, 0.6) is 0 Å². The minimum atomic E-state index is -4.80. The number of hydrogen-bond acceptors (Lipinski definition) is 16. The molecule has 0 radical (unpaired) electrons. The van der Waals surface area contributed by atoms with Gasteiger partial charge in [0.15, 0.2) is 35.1 Å². The molecule has 42 heavy (non-hydrogen) atoms. The Morgan fingerprint density at radius 2 is 1.69 bits per heavy atom. The number of aromatic amines is 1. The van der Waals surface area contributed by atoms with E-state index in [1.54, 1.807) is 0 Å². The monoisotopic (exact) mass is 608 g/mol. The molecule has 21 heteroatoms. The number of imidazole rings is 2. The molecule has 3 fully saturated rings. The second-order valence-electron chi connectivity index (χ2n) is 9.99. The zero-order valence-corrected chi connectivity index (χ0v) is 22.3. The van der Waals surface area contributed by atoms with Crippen LogP contribution in [-0.4, -0.2) is 104 Å².